The molecule has 0 aromatic heterocycles. The van der Waals surface area contributed by atoms with Crippen LogP contribution in [-0.2, 0) is 11.2 Å². The van der Waals surface area contributed by atoms with Crippen molar-refractivity contribution in [2.24, 2.45) is 0 Å². The van der Waals surface area contributed by atoms with E-state index in [4.69, 9.17) is 0 Å². The second-order valence-corrected chi connectivity index (χ2v) is 5.89. The van der Waals surface area contributed by atoms with Crippen molar-refractivity contribution in [3.05, 3.63) is 71.9 Å². The molecule has 112 valence electrons. The van der Waals surface area contributed by atoms with Gasteiger partial charge in [0, 0.05) is 23.5 Å². The largest absolute Gasteiger partial charge is 0.344 e. The minimum absolute atomic E-state index is 0.0986. The van der Waals surface area contributed by atoms with Gasteiger partial charge in [0.15, 0.2) is 5.78 Å². The molecule has 0 amide bonds. The van der Waals surface area contributed by atoms with Crippen molar-refractivity contribution < 1.29 is 4.79 Å². The van der Waals surface area contributed by atoms with Gasteiger partial charge in [0.05, 0.1) is 0 Å². The number of ketones is 1. The van der Waals surface area contributed by atoms with E-state index < -0.39 is 0 Å². The lowest BCUT2D eigenvalue weighted by Crippen LogP contribution is -2.33. The highest BCUT2D eigenvalue weighted by atomic mass is 16.1. The van der Waals surface area contributed by atoms with E-state index >= 15 is 0 Å². The Morgan fingerprint density at radius 3 is 2.50 bits per heavy atom. The third-order valence-electron chi connectivity index (χ3n) is 4.31. The standard InChI is InChI=1S/C20H21NO/c1-15-12-13-18-10-6-7-11-20(18)21(15)14-19(16(2)22)17-8-4-3-5-9-17/h3-11,14-15H,12-13H2,1-2H3/b19-14+. The van der Waals surface area contributed by atoms with Gasteiger partial charge in [-0.3, -0.25) is 4.79 Å². The molecule has 1 aliphatic heterocycles. The van der Waals surface area contributed by atoms with Gasteiger partial charge in [0.1, 0.15) is 0 Å². The fraction of sp³-hybridized carbons (Fsp3) is 0.250. The molecule has 0 fully saturated rings. The number of rotatable bonds is 3. The number of allylic oxidation sites excluding steroid dienone is 1. The summed E-state index contributed by atoms with van der Waals surface area (Å²) in [5.74, 6) is 0.0986. The number of fused-ring (bicyclic) bond motifs is 1. The van der Waals surface area contributed by atoms with Crippen molar-refractivity contribution in [1.82, 2.24) is 0 Å². The first-order valence-electron chi connectivity index (χ1n) is 7.81. The Kier molecular flexibility index (Phi) is 4.10. The molecule has 0 bridgehead atoms. The number of aryl methyl sites for hydroxylation is 1. The molecular weight excluding hydrogens is 270 g/mol. The number of anilines is 1. The van der Waals surface area contributed by atoms with Gasteiger partial charge in [-0.1, -0.05) is 48.5 Å². The zero-order chi connectivity index (χ0) is 15.5. The molecule has 3 rings (SSSR count). The summed E-state index contributed by atoms with van der Waals surface area (Å²) in [6.07, 6.45) is 4.23. The fourth-order valence-electron chi connectivity index (χ4n) is 3.04. The molecule has 0 aliphatic carbocycles. The molecule has 0 spiro atoms. The molecule has 1 unspecified atom stereocenters. The molecule has 1 atom stereocenters. The highest BCUT2D eigenvalue weighted by molar-refractivity contribution is 6.19. The Hall–Kier alpha value is -2.35. The first kappa shape index (κ1) is 14.6. The topological polar surface area (TPSA) is 20.3 Å². The lowest BCUT2D eigenvalue weighted by molar-refractivity contribution is -0.111. The van der Waals surface area contributed by atoms with Crippen molar-refractivity contribution in [3.8, 4) is 0 Å². The average Bonchev–Trinajstić information content (AvgIpc) is 2.54. The molecule has 22 heavy (non-hydrogen) atoms. The summed E-state index contributed by atoms with van der Waals surface area (Å²) < 4.78 is 0. The minimum atomic E-state index is 0.0986. The van der Waals surface area contributed by atoms with Gasteiger partial charge < -0.3 is 4.90 Å². The molecule has 2 aromatic carbocycles. The van der Waals surface area contributed by atoms with Crippen LogP contribution in [0.15, 0.2) is 60.8 Å². The molecule has 2 aromatic rings. The monoisotopic (exact) mass is 291 g/mol. The highest BCUT2D eigenvalue weighted by Gasteiger charge is 2.22. The molecule has 0 saturated carbocycles. The summed E-state index contributed by atoms with van der Waals surface area (Å²) in [4.78, 5) is 14.4. The number of benzene rings is 2. The molecular formula is C20H21NO. The van der Waals surface area contributed by atoms with Crippen molar-refractivity contribution in [2.45, 2.75) is 32.7 Å². The van der Waals surface area contributed by atoms with E-state index in [2.05, 4.69) is 36.1 Å². The Morgan fingerprint density at radius 1 is 1.09 bits per heavy atom. The number of hydrogen-bond acceptors (Lipinski definition) is 2. The molecule has 0 saturated heterocycles. The minimum Gasteiger partial charge on any atom is -0.344 e. The summed E-state index contributed by atoms with van der Waals surface area (Å²) >= 11 is 0. The van der Waals surface area contributed by atoms with Crippen LogP contribution < -0.4 is 4.90 Å². The normalized spacial score (nSPS) is 18.0. The summed E-state index contributed by atoms with van der Waals surface area (Å²) in [5.41, 5.74) is 4.32. The van der Waals surface area contributed by atoms with Crippen molar-refractivity contribution in [3.63, 3.8) is 0 Å². The molecule has 1 heterocycles. The third kappa shape index (κ3) is 2.82. The number of carbonyl (C=O) groups excluding carboxylic acids is 1. The van der Waals surface area contributed by atoms with Crippen molar-refractivity contribution in [1.29, 1.82) is 0 Å². The fourth-order valence-corrected chi connectivity index (χ4v) is 3.04. The van der Waals surface area contributed by atoms with Crippen molar-refractivity contribution >= 4 is 17.0 Å². The van der Waals surface area contributed by atoms with Crippen LogP contribution in [0.5, 0.6) is 0 Å². The summed E-state index contributed by atoms with van der Waals surface area (Å²) in [6, 6.07) is 18.8. The molecule has 1 aliphatic rings. The Labute approximate surface area is 132 Å². The van der Waals surface area contributed by atoms with E-state index in [1.54, 1.807) is 6.92 Å². The SMILES string of the molecule is CC(=O)/C(=C\N1c2ccccc2CCC1C)c1ccccc1. The number of hydrogen-bond donors (Lipinski definition) is 0. The predicted octanol–water partition coefficient (Wildman–Crippen LogP) is 4.46. The van der Waals surface area contributed by atoms with Gasteiger partial charge in [-0.05, 0) is 43.9 Å². The third-order valence-corrected chi connectivity index (χ3v) is 4.31. The van der Waals surface area contributed by atoms with Crippen molar-refractivity contribution in [2.75, 3.05) is 4.90 Å². The first-order chi connectivity index (χ1) is 10.7. The van der Waals surface area contributed by atoms with Crippen LogP contribution in [-0.4, -0.2) is 11.8 Å². The smallest absolute Gasteiger partial charge is 0.161 e. The van der Waals surface area contributed by atoms with E-state index in [-0.39, 0.29) is 5.78 Å². The zero-order valence-corrected chi connectivity index (χ0v) is 13.1. The highest BCUT2D eigenvalue weighted by Crippen LogP contribution is 2.32. The van der Waals surface area contributed by atoms with Crippen LogP contribution in [0, 0.1) is 0 Å². The maximum Gasteiger partial charge on any atom is 0.161 e. The predicted molar refractivity (Wildman–Crippen MR) is 91.8 cm³/mol. The van der Waals surface area contributed by atoms with Crippen LogP contribution in [0.2, 0.25) is 0 Å². The van der Waals surface area contributed by atoms with E-state index in [0.717, 1.165) is 24.0 Å². The van der Waals surface area contributed by atoms with Gasteiger partial charge >= 0.3 is 0 Å². The van der Waals surface area contributed by atoms with Crippen LogP contribution in [0.25, 0.3) is 5.57 Å². The summed E-state index contributed by atoms with van der Waals surface area (Å²) in [5, 5.41) is 0. The summed E-state index contributed by atoms with van der Waals surface area (Å²) in [7, 11) is 0. The van der Waals surface area contributed by atoms with E-state index in [1.165, 1.54) is 11.3 Å². The maximum atomic E-state index is 12.1. The average molecular weight is 291 g/mol. The molecule has 2 nitrogen and oxygen atoms in total. The van der Waals surface area contributed by atoms with Crippen LogP contribution in [0.1, 0.15) is 31.4 Å². The lowest BCUT2D eigenvalue weighted by atomic mass is 9.96. The molecule has 0 radical (unpaired) electrons. The summed E-state index contributed by atoms with van der Waals surface area (Å²) in [6.45, 7) is 3.86. The number of carbonyl (C=O) groups is 1. The van der Waals surface area contributed by atoms with Gasteiger partial charge in [0.2, 0.25) is 0 Å². The Morgan fingerprint density at radius 2 is 1.77 bits per heavy atom. The van der Waals surface area contributed by atoms with Gasteiger partial charge in [-0.15, -0.1) is 0 Å². The second kappa shape index (κ2) is 6.18. The van der Waals surface area contributed by atoms with E-state index in [1.807, 2.05) is 36.5 Å². The van der Waals surface area contributed by atoms with Gasteiger partial charge in [-0.2, -0.15) is 0 Å². The van der Waals surface area contributed by atoms with Gasteiger partial charge in [0.25, 0.3) is 0 Å². The quantitative estimate of drug-likeness (QED) is 0.778. The number of Topliss-reactive ketones (excluding diaryl/α,β-unsaturated/α-hetero) is 1. The Balaban J connectivity index is 2.07. The van der Waals surface area contributed by atoms with Crippen LogP contribution >= 0.6 is 0 Å². The van der Waals surface area contributed by atoms with E-state index in [9.17, 15) is 4.79 Å². The van der Waals surface area contributed by atoms with Crippen LogP contribution in [0.3, 0.4) is 0 Å². The second-order valence-electron chi connectivity index (χ2n) is 5.89. The zero-order valence-electron chi connectivity index (χ0n) is 13.1. The Bertz CT molecular complexity index is 703. The first-order valence-corrected chi connectivity index (χ1v) is 7.81. The molecule has 0 N–H and O–H groups in total. The van der Waals surface area contributed by atoms with E-state index in [0.29, 0.717) is 6.04 Å². The van der Waals surface area contributed by atoms with Crippen LogP contribution in [0.4, 0.5) is 5.69 Å². The maximum absolute atomic E-state index is 12.1. The number of para-hydroxylation sites is 1. The lowest BCUT2D eigenvalue weighted by Gasteiger charge is -2.35. The van der Waals surface area contributed by atoms with Gasteiger partial charge in [-0.25, -0.2) is 0 Å². The number of nitrogens with zero attached hydrogens (tertiary/aromatic N) is 1. The molecule has 2 heteroatoms.